The molecule has 1 heterocycles. The van der Waals surface area contributed by atoms with Crippen LogP contribution in [0, 0.1) is 18.3 Å². The van der Waals surface area contributed by atoms with Crippen molar-refractivity contribution in [2.75, 3.05) is 5.73 Å². The predicted molar refractivity (Wildman–Crippen MR) is 103 cm³/mol. The van der Waals surface area contributed by atoms with Gasteiger partial charge in [0.15, 0.2) is 0 Å². The van der Waals surface area contributed by atoms with Crippen LogP contribution in [-0.4, -0.2) is 10.1 Å². The van der Waals surface area contributed by atoms with E-state index in [1.54, 1.807) is 36.4 Å². The van der Waals surface area contributed by atoms with Gasteiger partial charge in [-0.3, -0.25) is 4.79 Å². The maximum Gasteiger partial charge on any atom is 0.266 e. The fourth-order valence-electron chi connectivity index (χ4n) is 2.74. The number of nitrogens with zero attached hydrogens (tertiary/aromatic N) is 1. The van der Waals surface area contributed by atoms with Crippen LogP contribution in [0.25, 0.3) is 22.4 Å². The summed E-state index contributed by atoms with van der Waals surface area (Å²) in [6, 6.07) is 11.6. The first kappa shape index (κ1) is 17.9. The van der Waals surface area contributed by atoms with E-state index in [-0.39, 0.29) is 17.0 Å². The fraction of sp³-hybridized carbons (Fsp3) is 0.0526. The van der Waals surface area contributed by atoms with Gasteiger partial charge >= 0.3 is 0 Å². The van der Waals surface area contributed by atoms with Crippen LogP contribution >= 0.6 is 23.2 Å². The Hall–Kier alpha value is -2.94. The monoisotopic (exact) mass is 385 g/mol. The molecule has 0 bridgehead atoms. The van der Waals surface area contributed by atoms with E-state index in [9.17, 15) is 15.2 Å². The van der Waals surface area contributed by atoms with Crippen LogP contribution in [0.4, 0.5) is 5.69 Å². The average molecular weight is 386 g/mol. The molecule has 5 nitrogen and oxygen atoms in total. The molecule has 0 atom stereocenters. The molecule has 0 saturated heterocycles. The zero-order valence-corrected chi connectivity index (χ0v) is 15.1. The summed E-state index contributed by atoms with van der Waals surface area (Å²) < 4.78 is 0. The third-order valence-electron chi connectivity index (χ3n) is 3.94. The zero-order valence-electron chi connectivity index (χ0n) is 13.6. The lowest BCUT2D eigenvalue weighted by atomic mass is 9.97. The van der Waals surface area contributed by atoms with E-state index in [2.05, 4.69) is 4.98 Å². The topological polar surface area (TPSA) is 103 Å². The number of anilines is 1. The van der Waals surface area contributed by atoms with E-state index in [0.29, 0.717) is 32.4 Å². The Morgan fingerprint density at radius 1 is 1.12 bits per heavy atom. The van der Waals surface area contributed by atoms with Crippen molar-refractivity contribution in [2.45, 2.75) is 6.92 Å². The van der Waals surface area contributed by atoms with Crippen molar-refractivity contribution < 1.29 is 5.11 Å². The summed E-state index contributed by atoms with van der Waals surface area (Å²) in [4.78, 5) is 15.1. The Kier molecular flexibility index (Phi) is 4.64. The molecule has 0 radical (unpaired) electrons. The molecule has 3 rings (SSSR count). The van der Waals surface area contributed by atoms with Crippen molar-refractivity contribution in [2.24, 2.45) is 0 Å². The summed E-state index contributed by atoms with van der Waals surface area (Å²) in [7, 11) is 0. The highest BCUT2D eigenvalue weighted by molar-refractivity contribution is 6.35. The first-order valence-electron chi connectivity index (χ1n) is 7.54. The van der Waals surface area contributed by atoms with Crippen molar-refractivity contribution in [3.63, 3.8) is 0 Å². The Morgan fingerprint density at radius 3 is 2.54 bits per heavy atom. The average Bonchev–Trinajstić information content (AvgIpc) is 2.59. The molecule has 7 heteroatoms. The molecule has 0 spiro atoms. The summed E-state index contributed by atoms with van der Waals surface area (Å²) in [6.07, 6.45) is 0. The second kappa shape index (κ2) is 6.75. The predicted octanol–water partition coefficient (Wildman–Crippen LogP) is 4.48. The number of H-pyrrole nitrogens is 1. The van der Waals surface area contributed by atoms with Gasteiger partial charge in [0.25, 0.3) is 5.56 Å². The van der Waals surface area contributed by atoms with Gasteiger partial charge in [-0.25, -0.2) is 0 Å². The van der Waals surface area contributed by atoms with Gasteiger partial charge in [-0.1, -0.05) is 23.2 Å². The fourth-order valence-corrected chi connectivity index (χ4v) is 3.14. The van der Waals surface area contributed by atoms with Crippen molar-refractivity contribution >= 4 is 28.9 Å². The van der Waals surface area contributed by atoms with Gasteiger partial charge < -0.3 is 15.8 Å². The van der Waals surface area contributed by atoms with Crippen LogP contribution in [0.15, 0.2) is 41.2 Å². The third kappa shape index (κ3) is 3.13. The van der Waals surface area contributed by atoms with Gasteiger partial charge in [0.2, 0.25) is 0 Å². The largest absolute Gasteiger partial charge is 0.505 e. The van der Waals surface area contributed by atoms with E-state index < -0.39 is 5.56 Å². The third-order valence-corrected chi connectivity index (χ3v) is 4.50. The molecule has 2 aromatic carbocycles. The quantitative estimate of drug-likeness (QED) is 0.446. The Labute approximate surface area is 159 Å². The number of nitrogens with two attached hydrogens (primary N) is 1. The van der Waals surface area contributed by atoms with Crippen LogP contribution in [0.1, 0.15) is 11.1 Å². The molecule has 0 aliphatic rings. The Bertz CT molecular complexity index is 1130. The van der Waals surface area contributed by atoms with Crippen molar-refractivity contribution in [1.82, 2.24) is 4.98 Å². The first-order valence-corrected chi connectivity index (χ1v) is 8.29. The maximum atomic E-state index is 12.4. The molecular formula is C19H13Cl2N3O2. The zero-order chi connectivity index (χ0) is 19.0. The van der Waals surface area contributed by atoms with Gasteiger partial charge in [-0.15, -0.1) is 0 Å². The van der Waals surface area contributed by atoms with Crippen molar-refractivity contribution in [3.05, 3.63) is 67.9 Å². The van der Waals surface area contributed by atoms with Gasteiger partial charge in [0.1, 0.15) is 17.4 Å². The molecule has 3 aromatic rings. The van der Waals surface area contributed by atoms with E-state index in [1.807, 2.05) is 13.0 Å². The molecule has 0 unspecified atom stereocenters. The summed E-state index contributed by atoms with van der Waals surface area (Å²) in [5.74, 6) is -0.154. The number of phenols is 1. The number of halogens is 2. The highest BCUT2D eigenvalue weighted by atomic mass is 35.5. The molecule has 1 aromatic heterocycles. The van der Waals surface area contributed by atoms with Crippen LogP contribution in [-0.2, 0) is 0 Å². The van der Waals surface area contributed by atoms with Gasteiger partial charge in [0, 0.05) is 26.7 Å². The number of hydrogen-bond donors (Lipinski definition) is 3. The minimum absolute atomic E-state index is 0.0990. The second-order valence-electron chi connectivity index (χ2n) is 5.79. The highest BCUT2D eigenvalue weighted by Gasteiger charge is 2.17. The van der Waals surface area contributed by atoms with Crippen LogP contribution in [0.3, 0.4) is 0 Å². The number of aromatic hydroxyl groups is 1. The highest BCUT2D eigenvalue weighted by Crippen LogP contribution is 2.37. The number of nitriles is 1. The van der Waals surface area contributed by atoms with Crippen molar-refractivity contribution in [1.29, 1.82) is 5.26 Å². The number of nitrogen functional groups attached to an aromatic ring is 1. The second-order valence-corrected chi connectivity index (χ2v) is 6.63. The van der Waals surface area contributed by atoms with Crippen LogP contribution in [0.2, 0.25) is 10.0 Å². The summed E-state index contributed by atoms with van der Waals surface area (Å²) in [5.41, 5.74) is 7.54. The molecule has 0 aliphatic heterocycles. The molecule has 0 aliphatic carbocycles. The smallest absolute Gasteiger partial charge is 0.266 e. The number of aromatic nitrogens is 1. The summed E-state index contributed by atoms with van der Waals surface area (Å²) in [6.45, 7) is 1.82. The number of rotatable bonds is 2. The first-order chi connectivity index (χ1) is 12.3. The Morgan fingerprint density at radius 2 is 1.85 bits per heavy atom. The van der Waals surface area contributed by atoms with E-state index in [1.165, 1.54) is 0 Å². The van der Waals surface area contributed by atoms with E-state index in [4.69, 9.17) is 28.9 Å². The van der Waals surface area contributed by atoms with Crippen LogP contribution < -0.4 is 11.3 Å². The normalized spacial score (nSPS) is 10.5. The SMILES string of the molecule is Cc1cc(N)c(O)c(-c2cc(-c3cc(Cl)ccc3Cl)c(C#N)c(=O)[nH]2)c1. The number of aromatic amines is 1. The summed E-state index contributed by atoms with van der Waals surface area (Å²) in [5, 5.41) is 20.5. The number of hydrogen-bond acceptors (Lipinski definition) is 4. The lowest BCUT2D eigenvalue weighted by molar-refractivity contribution is 0.479. The number of benzene rings is 2. The minimum Gasteiger partial charge on any atom is -0.505 e. The van der Waals surface area contributed by atoms with Crippen LogP contribution in [0.5, 0.6) is 5.75 Å². The number of phenolic OH excluding ortho intramolecular Hbond substituents is 1. The molecule has 0 fully saturated rings. The molecule has 26 heavy (non-hydrogen) atoms. The number of nitrogens with one attached hydrogen (secondary N) is 1. The van der Waals surface area contributed by atoms with Crippen molar-refractivity contribution in [3.8, 4) is 34.2 Å². The summed E-state index contributed by atoms with van der Waals surface area (Å²) >= 11 is 12.3. The maximum absolute atomic E-state index is 12.4. The van der Waals surface area contributed by atoms with Gasteiger partial charge in [0.05, 0.1) is 11.4 Å². The number of aryl methyl sites for hydroxylation is 1. The molecule has 0 amide bonds. The van der Waals surface area contributed by atoms with Gasteiger partial charge in [-0.05, 0) is 48.9 Å². The van der Waals surface area contributed by atoms with E-state index >= 15 is 0 Å². The Balaban J connectivity index is 2.36. The van der Waals surface area contributed by atoms with Gasteiger partial charge in [-0.2, -0.15) is 5.26 Å². The molecule has 4 N–H and O–H groups in total. The molecule has 130 valence electrons. The van der Waals surface area contributed by atoms with E-state index in [0.717, 1.165) is 5.56 Å². The lowest BCUT2D eigenvalue weighted by Gasteiger charge is -2.12. The number of pyridine rings is 1. The lowest BCUT2D eigenvalue weighted by Crippen LogP contribution is -2.13. The molecular weight excluding hydrogens is 373 g/mol. The minimum atomic E-state index is -0.601. The molecule has 0 saturated carbocycles. The standard InChI is InChI=1S/C19H13Cl2N3O2/c1-9-4-13(18(25)16(23)5-9)17-7-11(14(8-22)19(26)24-17)12-6-10(20)2-3-15(12)21/h2-7,25H,23H2,1H3,(H,24,26).